The van der Waals surface area contributed by atoms with E-state index < -0.39 is 130 Å². The Morgan fingerprint density at radius 3 is 1.80 bits per heavy atom. The second kappa shape index (κ2) is 19.3. The number of amides is 1. The van der Waals surface area contributed by atoms with Crippen LogP contribution >= 0.6 is 0 Å². The Kier molecular flexibility index (Phi) is 14.6. The summed E-state index contributed by atoms with van der Waals surface area (Å²) in [6.45, 7) is 9.01. The SMILES string of the molecule is CC(C)(C)OC(=O)N[C@]1(C)CNCC1F.COc1c(F)c(F)cc2c(=O)c(C(=O)OB(F)F)cn([C@@H]3C[C@@H]3F)c12.COc1c(N2CC(F)[C@](C)(N)C2)c(F)cc2c(=O)c(C(=O)O)cn([C@@H]3C[C@@H]3F)c12. The first kappa shape index (κ1) is 52.2. The second-order valence-electron chi connectivity index (χ2n) is 18.4. The van der Waals surface area contributed by atoms with Crippen molar-refractivity contribution >= 4 is 53.0 Å². The molecule has 4 aromatic rings. The molecule has 4 fully saturated rings. The van der Waals surface area contributed by atoms with Crippen molar-refractivity contribution in [2.75, 3.05) is 45.3 Å². The van der Waals surface area contributed by atoms with Crippen LogP contribution in [0.4, 0.5) is 49.8 Å². The van der Waals surface area contributed by atoms with E-state index in [1.165, 1.54) is 23.5 Å². The maximum Gasteiger partial charge on any atom is 0.798 e. The summed E-state index contributed by atoms with van der Waals surface area (Å²) in [5.74, 6) is -7.61. The third-order valence-electron chi connectivity index (χ3n) is 11.7. The minimum Gasteiger partial charge on any atom is -0.492 e. The molecule has 69 heavy (non-hydrogen) atoms. The quantitative estimate of drug-likeness (QED) is 0.115. The van der Waals surface area contributed by atoms with E-state index in [9.17, 15) is 64.1 Å². The number of fused-ring (bicyclic) bond motifs is 2. The summed E-state index contributed by atoms with van der Waals surface area (Å²) in [6.07, 6.45) is -3.69. The number of alkyl carbamates (subject to hydrolysis) is 1. The van der Waals surface area contributed by atoms with Crippen LogP contribution in [0.25, 0.3) is 21.8 Å². The van der Waals surface area contributed by atoms with Crippen LogP contribution < -0.4 is 41.6 Å². The molecule has 8 rings (SSSR count). The summed E-state index contributed by atoms with van der Waals surface area (Å²) in [7, 11) is -1.21. The maximum absolute atomic E-state index is 15.1. The smallest absolute Gasteiger partial charge is 0.492 e. The zero-order valence-electron chi connectivity index (χ0n) is 38.0. The van der Waals surface area contributed by atoms with Crippen LogP contribution in [0.15, 0.2) is 34.1 Å². The molecular formula is C43H48BF9N6O10. The number of aromatic carboxylic acids is 1. The van der Waals surface area contributed by atoms with Gasteiger partial charge in [0, 0.05) is 44.9 Å². The van der Waals surface area contributed by atoms with Gasteiger partial charge in [0.2, 0.25) is 16.7 Å². The molecule has 2 aliphatic carbocycles. The van der Waals surface area contributed by atoms with Crippen LogP contribution in [-0.2, 0) is 9.39 Å². The number of nitrogens with one attached hydrogen (secondary N) is 2. The van der Waals surface area contributed by atoms with E-state index in [2.05, 4.69) is 15.3 Å². The van der Waals surface area contributed by atoms with Crippen LogP contribution in [0.3, 0.4) is 0 Å². The molecule has 2 unspecified atom stereocenters. The lowest BCUT2D eigenvalue weighted by Crippen LogP contribution is -2.54. The molecule has 8 atom stereocenters. The third-order valence-corrected chi connectivity index (χ3v) is 11.7. The van der Waals surface area contributed by atoms with Crippen molar-refractivity contribution < 1.29 is 77.7 Å². The second-order valence-corrected chi connectivity index (χ2v) is 18.4. The number of ether oxygens (including phenoxy) is 3. The number of carbonyl (C=O) groups is 3. The summed E-state index contributed by atoms with van der Waals surface area (Å²) in [6, 6.07) is -0.176. The molecule has 2 aromatic carbocycles. The fourth-order valence-electron chi connectivity index (χ4n) is 7.99. The highest BCUT2D eigenvalue weighted by molar-refractivity contribution is 6.38. The van der Waals surface area contributed by atoms with E-state index in [0.29, 0.717) is 12.6 Å². The van der Waals surface area contributed by atoms with Gasteiger partial charge in [-0.3, -0.25) is 9.59 Å². The Labute approximate surface area is 387 Å². The number of benzene rings is 2. The molecule has 0 bridgehead atoms. The number of rotatable bonds is 9. The molecule has 2 saturated heterocycles. The van der Waals surface area contributed by atoms with Gasteiger partial charge >= 0.3 is 25.5 Å². The average Bonchev–Trinajstić information content (AvgIpc) is 4.10. The molecular weight excluding hydrogens is 942 g/mol. The van der Waals surface area contributed by atoms with Crippen LogP contribution in [0, 0.1) is 17.5 Å². The van der Waals surface area contributed by atoms with Crippen molar-refractivity contribution in [3.05, 3.63) is 73.6 Å². The number of carbonyl (C=O) groups excluding carboxylic acids is 2. The Balaban J connectivity index is 0.000000179. The molecule has 26 heteroatoms. The monoisotopic (exact) mass is 990 g/mol. The van der Waals surface area contributed by atoms with E-state index in [4.69, 9.17) is 19.9 Å². The van der Waals surface area contributed by atoms with Crippen LogP contribution in [0.1, 0.15) is 80.3 Å². The van der Waals surface area contributed by atoms with Gasteiger partial charge < -0.3 is 54.4 Å². The number of hydrogen-bond donors (Lipinski definition) is 4. The standard InChI is InChI=1S/C19H20F3N3O4.C14H9BF5NO4.C10H19FN2O2/c1-19(23)7-24(6-13(19)22)15-11(21)3-8-14(17(15)29-2)25(12-4-10(12)20)5-9(16(8)26)18(27)28;1-24-13-10(18)8(17)2-5-11(13)21(9-3-7(9)16)4-6(12(5)22)14(23)25-15(19)20;1-9(2,3)15-8(14)13-10(4)6-12-5-7(10)11/h3,5,10,12-13H,4,6-7,23H2,1-2H3,(H,27,28);2,4,7,9H,3H2,1H3;7,12H,5-6H2,1-4H3,(H,13,14)/t10-,12+,13?,19+;7-,9+;7?,10-/m001/s1. The largest absolute Gasteiger partial charge is 0.798 e. The number of carboxylic acids is 1. The first-order valence-electron chi connectivity index (χ1n) is 21.2. The summed E-state index contributed by atoms with van der Waals surface area (Å²) in [5, 5.41) is 14.0. The van der Waals surface area contributed by atoms with Gasteiger partial charge in [0.05, 0.1) is 65.7 Å². The summed E-state index contributed by atoms with van der Waals surface area (Å²) in [4.78, 5) is 61.0. The van der Waals surface area contributed by atoms with Gasteiger partial charge in [0.25, 0.3) is 0 Å². The highest BCUT2D eigenvalue weighted by Crippen LogP contribution is 2.47. The molecule has 4 aliphatic rings. The van der Waals surface area contributed by atoms with E-state index in [0.717, 1.165) is 30.1 Å². The van der Waals surface area contributed by atoms with Crippen molar-refractivity contribution in [1.29, 1.82) is 0 Å². The molecule has 16 nitrogen and oxygen atoms in total. The fourth-order valence-corrected chi connectivity index (χ4v) is 7.99. The van der Waals surface area contributed by atoms with E-state index >= 15 is 4.39 Å². The number of alkyl halides is 4. The summed E-state index contributed by atoms with van der Waals surface area (Å²) < 4.78 is 144. The van der Waals surface area contributed by atoms with Gasteiger partial charge in [-0.2, -0.15) is 4.39 Å². The van der Waals surface area contributed by atoms with Crippen LogP contribution in [-0.4, -0.2) is 122 Å². The summed E-state index contributed by atoms with van der Waals surface area (Å²) >= 11 is 0. The van der Waals surface area contributed by atoms with E-state index in [-0.39, 0.29) is 60.3 Å². The molecule has 5 N–H and O–H groups in total. The van der Waals surface area contributed by atoms with Gasteiger partial charge in [-0.25, -0.2) is 49.4 Å². The lowest BCUT2D eigenvalue weighted by Gasteiger charge is -2.29. The highest BCUT2D eigenvalue weighted by atomic mass is 19.2. The normalized spacial score (nSPS) is 25.8. The molecule has 2 aliphatic heterocycles. The molecule has 2 saturated carbocycles. The van der Waals surface area contributed by atoms with Gasteiger partial charge in [-0.15, -0.1) is 0 Å². The lowest BCUT2D eigenvalue weighted by molar-refractivity contribution is 0.0431. The van der Waals surface area contributed by atoms with Crippen LogP contribution in [0.2, 0.25) is 0 Å². The zero-order valence-corrected chi connectivity index (χ0v) is 38.0. The Hall–Kier alpha value is -6.18. The lowest BCUT2D eigenvalue weighted by atomic mass is 10.0. The minimum atomic E-state index is -3.48. The van der Waals surface area contributed by atoms with Gasteiger partial charge in [-0.05, 0) is 46.8 Å². The fraction of sp³-hybridized carbons (Fsp3) is 0.512. The van der Waals surface area contributed by atoms with Crippen molar-refractivity contribution in [2.45, 2.75) is 101 Å². The van der Waals surface area contributed by atoms with E-state index in [1.807, 2.05) is 0 Å². The van der Waals surface area contributed by atoms with Crippen molar-refractivity contribution in [1.82, 2.24) is 19.8 Å². The van der Waals surface area contributed by atoms with Gasteiger partial charge in [-0.1, -0.05) is 0 Å². The number of anilines is 1. The number of methoxy groups -OCH3 is 2. The molecule has 376 valence electrons. The zero-order chi connectivity index (χ0) is 51.4. The Bertz CT molecular complexity index is 2810. The third kappa shape index (κ3) is 10.7. The topological polar surface area (TPSA) is 206 Å². The predicted molar refractivity (Wildman–Crippen MR) is 232 cm³/mol. The average molecular weight is 991 g/mol. The van der Waals surface area contributed by atoms with E-state index in [1.54, 1.807) is 27.7 Å². The Morgan fingerprint density at radius 1 is 0.855 bits per heavy atom. The molecule has 2 aromatic heterocycles. The van der Waals surface area contributed by atoms with Crippen molar-refractivity contribution in [3.8, 4) is 11.5 Å². The van der Waals surface area contributed by atoms with Gasteiger partial charge in [0.15, 0.2) is 23.1 Å². The predicted octanol–water partition coefficient (Wildman–Crippen LogP) is 5.87. The van der Waals surface area contributed by atoms with Crippen LogP contribution in [0.5, 0.6) is 11.5 Å². The number of nitrogens with two attached hydrogens (primary N) is 1. The number of nitrogens with zero attached hydrogens (tertiary/aromatic N) is 3. The summed E-state index contributed by atoms with van der Waals surface area (Å²) in [5.41, 5.74) is -0.487. The van der Waals surface area contributed by atoms with Gasteiger partial charge in [0.1, 0.15) is 47.1 Å². The number of halogens is 9. The maximum atomic E-state index is 15.1. The molecule has 0 radical (unpaired) electrons. The number of hydrogen-bond acceptors (Lipinski definition) is 12. The molecule has 0 spiro atoms. The number of aromatic nitrogens is 2. The number of carboxylic acid groups (broad SMARTS) is 1. The highest BCUT2D eigenvalue weighted by Gasteiger charge is 2.46. The Morgan fingerprint density at radius 2 is 1.36 bits per heavy atom. The minimum absolute atomic E-state index is 0.000437. The first-order chi connectivity index (χ1) is 32.0. The van der Waals surface area contributed by atoms with Crippen molar-refractivity contribution in [3.63, 3.8) is 0 Å². The number of pyridine rings is 2. The molecule has 1 amide bonds. The molecule has 4 heterocycles. The van der Waals surface area contributed by atoms with Crippen molar-refractivity contribution in [2.24, 2.45) is 5.73 Å². The first-order valence-corrected chi connectivity index (χ1v) is 21.2.